The molecule has 1 saturated heterocycles. The number of fused-ring (bicyclic) bond motifs is 4. The summed E-state index contributed by atoms with van der Waals surface area (Å²) in [4.78, 5) is 81.6. The summed E-state index contributed by atoms with van der Waals surface area (Å²) < 4.78 is 89.8. The number of nitrogens with zero attached hydrogens (tertiary/aromatic N) is 7. The van der Waals surface area contributed by atoms with Crippen molar-refractivity contribution in [3.63, 3.8) is 0 Å². The molecule has 2 aliphatic rings. The van der Waals surface area contributed by atoms with Gasteiger partial charge in [-0.15, -0.1) is 0 Å². The number of esters is 1. The molecule has 0 radical (unpaired) electrons. The SMILES string of the molecule is COc1ccc(C(OCC(OCn2cnc3c(NC(=O)c4ccc(CNC(=O)CCCC(=O)OCC5c6ccccc6-c6ccccc65)cc4)ncnc32)OP(=O)(OCCN)OC[C@H]2O[C@@H](n3cc(C)c(=O)[nH]c3=O)CC2OP(OCCC#N)N(C(C)C)C(C)C)(c2ccccc2)c2ccc(OC)cc2)cc1. The fourth-order valence-corrected chi connectivity index (χ4v) is 15.9. The first-order valence-corrected chi connectivity index (χ1v) is 37.7. The van der Waals surface area contributed by atoms with E-state index in [1.54, 1.807) is 69.7 Å². The predicted octanol–water partition coefficient (Wildman–Crippen LogP) is 11.5. The van der Waals surface area contributed by atoms with E-state index in [0.29, 0.717) is 34.6 Å². The number of anilines is 1. The molecule has 11 rings (SSSR count). The lowest BCUT2D eigenvalue weighted by Crippen LogP contribution is -2.37. The first-order valence-electron chi connectivity index (χ1n) is 35.1. The molecule has 1 fully saturated rings. The number of hydrogen-bond donors (Lipinski definition) is 4. The Morgan fingerprint density at radius 3 is 2.08 bits per heavy atom. The minimum absolute atomic E-state index is 0.0133. The average molecular weight is 1500 g/mol. The Labute approximate surface area is 620 Å². The van der Waals surface area contributed by atoms with Crippen LogP contribution >= 0.6 is 16.3 Å². The van der Waals surface area contributed by atoms with Crippen molar-refractivity contribution in [2.75, 3.05) is 59.1 Å². The van der Waals surface area contributed by atoms with Gasteiger partial charge in [-0.25, -0.2) is 29.0 Å². The summed E-state index contributed by atoms with van der Waals surface area (Å²) in [6, 6.07) is 48.8. The summed E-state index contributed by atoms with van der Waals surface area (Å²) in [5.41, 5.74) is 11.3. The third-order valence-corrected chi connectivity index (χ3v) is 21.7. The van der Waals surface area contributed by atoms with Crippen molar-refractivity contribution in [2.24, 2.45) is 5.73 Å². The number of methoxy groups -OCH3 is 2. The van der Waals surface area contributed by atoms with Crippen LogP contribution in [0.4, 0.5) is 5.82 Å². The van der Waals surface area contributed by atoms with E-state index in [-0.39, 0.29) is 117 Å². The van der Waals surface area contributed by atoms with Gasteiger partial charge in [0.25, 0.3) is 20.0 Å². The van der Waals surface area contributed by atoms with Crippen LogP contribution in [0.5, 0.6) is 11.5 Å². The molecule has 562 valence electrons. The van der Waals surface area contributed by atoms with Crippen LogP contribution in [0.25, 0.3) is 22.3 Å². The van der Waals surface area contributed by atoms with Crippen molar-refractivity contribution in [2.45, 2.75) is 128 Å². The second-order valence-corrected chi connectivity index (χ2v) is 28.9. The number of ether oxygens (including phenoxy) is 6. The van der Waals surface area contributed by atoms with Crippen LogP contribution in [-0.4, -0.2) is 136 Å². The molecular formula is C77H87N11O17P2. The van der Waals surface area contributed by atoms with Gasteiger partial charge in [0.05, 0.1) is 59.0 Å². The smallest absolute Gasteiger partial charge is 0.477 e. The van der Waals surface area contributed by atoms with E-state index in [2.05, 4.69) is 60.9 Å². The third kappa shape index (κ3) is 19.2. The minimum atomic E-state index is -4.93. The van der Waals surface area contributed by atoms with Crippen LogP contribution < -0.4 is 37.1 Å². The van der Waals surface area contributed by atoms with Gasteiger partial charge in [0.15, 0.2) is 23.3 Å². The van der Waals surface area contributed by atoms with E-state index in [1.807, 2.05) is 111 Å². The zero-order valence-electron chi connectivity index (χ0n) is 60.4. The summed E-state index contributed by atoms with van der Waals surface area (Å²) >= 11 is 0. The zero-order chi connectivity index (χ0) is 75.6. The number of rotatable bonds is 38. The highest BCUT2D eigenvalue weighted by atomic mass is 31.2. The van der Waals surface area contributed by atoms with E-state index in [4.69, 9.17) is 56.8 Å². The molecule has 3 aromatic heterocycles. The number of aromatic amines is 1. The summed E-state index contributed by atoms with van der Waals surface area (Å²) in [5.74, 6) is 0.00380. The zero-order valence-corrected chi connectivity index (χ0v) is 62.2. The topological polar surface area (TPSA) is 345 Å². The van der Waals surface area contributed by atoms with Crippen LogP contribution in [0.15, 0.2) is 180 Å². The highest BCUT2D eigenvalue weighted by Crippen LogP contribution is 2.54. The Morgan fingerprint density at radius 1 is 0.804 bits per heavy atom. The van der Waals surface area contributed by atoms with Crippen molar-refractivity contribution in [3.8, 4) is 28.7 Å². The normalized spacial score (nSPS) is 16.1. The Morgan fingerprint density at radius 2 is 1.45 bits per heavy atom. The number of phosphoric ester groups is 1. The number of benzene rings is 6. The monoisotopic (exact) mass is 1500 g/mol. The molecule has 0 spiro atoms. The number of hydrogen-bond acceptors (Lipinski definition) is 23. The first kappa shape index (κ1) is 78.4. The fraction of sp³-hybridized carbons (Fsp3) is 0.364. The number of imidazole rings is 1. The predicted molar refractivity (Wildman–Crippen MR) is 398 cm³/mol. The lowest BCUT2D eigenvalue weighted by Gasteiger charge is -2.37. The van der Waals surface area contributed by atoms with Gasteiger partial charge in [-0.1, -0.05) is 115 Å². The summed E-state index contributed by atoms with van der Waals surface area (Å²) in [6.45, 7) is 7.91. The highest BCUT2D eigenvalue weighted by molar-refractivity contribution is 7.48. The molecule has 4 heterocycles. The van der Waals surface area contributed by atoms with Crippen LogP contribution in [0.3, 0.4) is 0 Å². The molecular weight excluding hydrogens is 1410 g/mol. The fourth-order valence-electron chi connectivity index (χ4n) is 12.8. The molecule has 2 amide bonds. The van der Waals surface area contributed by atoms with Crippen LogP contribution in [0, 0.1) is 18.3 Å². The standard InChI is InChI=1S/C77H87N11O17P2/c1-50(2)88(51(3)4)106(100-39-16-37-78)104-65-41-68(87-43-52(5)74(91)85-76(87)93)103-66(65)45-102-107(94,101-40-38-79)105-70(46-99-77(55-17-9-8-10-18-55,56-29-33-58(95-6)34-30-56)57-31-35-59(96-7)36-32-57)98-49-86-48-83-71-72(81-47-82-73(71)86)84-75(92)54-27-25-53(26-28-54)42-80-67(89)23-15-24-69(90)97-44-64-62-21-13-11-19-60(62)61-20-12-14-22-63(61)64/h8-14,17-22,25-36,43,47-48,50-51,64-66,68,70H,15-16,23-24,38-42,44-46,49,79H2,1-7H3,(H,80,89)(H,85,91,93)(H,81,82,84,92)/t65?,66-,68-,70?,106?,107?/m1/s1. The molecule has 107 heavy (non-hydrogen) atoms. The van der Waals surface area contributed by atoms with E-state index >= 15 is 4.57 Å². The molecule has 1 aliphatic carbocycles. The number of nitrogens with two attached hydrogens (primary N) is 1. The number of nitriles is 1. The van der Waals surface area contributed by atoms with Crippen molar-refractivity contribution >= 4 is 51.1 Å². The summed E-state index contributed by atoms with van der Waals surface area (Å²) in [7, 11) is -3.73. The van der Waals surface area contributed by atoms with Crippen molar-refractivity contribution in [1.29, 1.82) is 5.26 Å². The first-order chi connectivity index (χ1) is 51.8. The van der Waals surface area contributed by atoms with Crippen molar-refractivity contribution < 1.29 is 70.0 Å². The minimum Gasteiger partial charge on any atom is -0.497 e. The molecule has 5 N–H and O–H groups in total. The molecule has 1 aliphatic heterocycles. The molecule has 0 saturated carbocycles. The van der Waals surface area contributed by atoms with Crippen LogP contribution in [0.1, 0.15) is 121 Å². The Kier molecular flexibility index (Phi) is 26.9. The maximum absolute atomic E-state index is 15.7. The second kappa shape index (κ2) is 36.7. The van der Waals surface area contributed by atoms with E-state index in [9.17, 15) is 29.2 Å². The Balaban J connectivity index is 0.814. The van der Waals surface area contributed by atoms with Crippen molar-refractivity contribution in [1.82, 2.24) is 39.1 Å². The van der Waals surface area contributed by atoms with Gasteiger partial charge in [-0.3, -0.25) is 46.9 Å². The molecule has 9 aromatic rings. The number of phosphoric acid groups is 1. The van der Waals surface area contributed by atoms with Gasteiger partial charge in [-0.05, 0) is 122 Å². The van der Waals surface area contributed by atoms with Crippen LogP contribution in [0.2, 0.25) is 0 Å². The van der Waals surface area contributed by atoms with Gasteiger partial charge in [0.2, 0.25) is 5.91 Å². The Bertz CT molecular complexity index is 4610. The number of amides is 2. The van der Waals surface area contributed by atoms with E-state index in [0.717, 1.165) is 27.8 Å². The average Bonchev–Trinajstić information content (AvgIpc) is 1.53. The van der Waals surface area contributed by atoms with Crippen LogP contribution in [-0.2, 0) is 74.6 Å². The third-order valence-electron chi connectivity index (χ3n) is 18.0. The lowest BCUT2D eigenvalue weighted by molar-refractivity contribution is -0.171. The van der Waals surface area contributed by atoms with E-state index in [1.165, 1.54) is 28.0 Å². The molecule has 30 heteroatoms. The number of carbonyl (C=O) groups is 3. The van der Waals surface area contributed by atoms with E-state index < -0.39 is 83.8 Å². The summed E-state index contributed by atoms with van der Waals surface area (Å²) in [5, 5.41) is 15.2. The second-order valence-electron chi connectivity index (χ2n) is 25.8. The lowest BCUT2D eigenvalue weighted by atomic mass is 9.80. The van der Waals surface area contributed by atoms with Gasteiger partial charge in [0, 0.05) is 67.7 Å². The van der Waals surface area contributed by atoms with Gasteiger partial charge in [0.1, 0.15) is 55.7 Å². The molecule has 6 aromatic carbocycles. The maximum atomic E-state index is 15.7. The number of aryl methyl sites for hydroxylation is 1. The molecule has 28 nitrogen and oxygen atoms in total. The number of aromatic nitrogens is 6. The quantitative estimate of drug-likeness (QED) is 0.00918. The highest BCUT2D eigenvalue weighted by Gasteiger charge is 2.45. The van der Waals surface area contributed by atoms with Gasteiger partial charge in [-0.2, -0.15) is 5.26 Å². The molecule has 6 atom stereocenters. The number of nitrogens with one attached hydrogen (secondary N) is 3. The largest absolute Gasteiger partial charge is 0.497 e. The number of carbonyl (C=O) groups excluding carboxylic acids is 3. The van der Waals surface area contributed by atoms with Gasteiger partial charge < -0.3 is 53.8 Å². The molecule has 4 unspecified atom stereocenters. The van der Waals surface area contributed by atoms with Crippen molar-refractivity contribution in [3.05, 3.63) is 236 Å². The number of H-pyrrole nitrogens is 1. The Hall–Kier alpha value is -9.69. The summed E-state index contributed by atoms with van der Waals surface area (Å²) in [6.07, 6.45) is -0.182. The maximum Gasteiger partial charge on any atom is 0.477 e. The van der Waals surface area contributed by atoms with Gasteiger partial charge >= 0.3 is 19.5 Å². The molecule has 0 bridgehead atoms.